The van der Waals surface area contributed by atoms with Gasteiger partial charge < -0.3 is 14.8 Å². The predicted molar refractivity (Wildman–Crippen MR) is 72.5 cm³/mol. The first-order valence-electron chi connectivity index (χ1n) is 6.79. The lowest BCUT2D eigenvalue weighted by atomic mass is 9.92. The van der Waals surface area contributed by atoms with Crippen molar-refractivity contribution in [2.24, 2.45) is 5.41 Å². The summed E-state index contributed by atoms with van der Waals surface area (Å²) in [6.07, 6.45) is 3.79. The largest absolute Gasteiger partial charge is 0.486 e. The maximum Gasteiger partial charge on any atom is 0.163 e. The molecule has 18 heavy (non-hydrogen) atoms. The zero-order valence-electron chi connectivity index (χ0n) is 11.2. The number of anilines is 1. The second-order valence-corrected chi connectivity index (χ2v) is 6.11. The van der Waals surface area contributed by atoms with E-state index in [0.29, 0.717) is 24.7 Å². The molecule has 0 bridgehead atoms. The Morgan fingerprint density at radius 3 is 2.67 bits per heavy atom. The summed E-state index contributed by atoms with van der Waals surface area (Å²) in [5.74, 6) is 1.72. The lowest BCUT2D eigenvalue weighted by Gasteiger charge is -2.21. The van der Waals surface area contributed by atoms with E-state index in [1.54, 1.807) is 0 Å². The van der Waals surface area contributed by atoms with Crippen LogP contribution in [0.15, 0.2) is 18.2 Å². The minimum atomic E-state index is 0.478. The van der Waals surface area contributed by atoms with Gasteiger partial charge in [0.1, 0.15) is 13.2 Å². The minimum Gasteiger partial charge on any atom is -0.486 e. The zero-order chi connectivity index (χ0) is 12.6. The molecular formula is C15H21NO2. The summed E-state index contributed by atoms with van der Waals surface area (Å²) in [4.78, 5) is 0. The molecule has 3 nitrogen and oxygen atoms in total. The van der Waals surface area contributed by atoms with Crippen LogP contribution in [0, 0.1) is 5.41 Å². The van der Waals surface area contributed by atoms with E-state index < -0.39 is 0 Å². The number of nitrogens with one attached hydrogen (secondary N) is 1. The molecule has 1 aromatic carbocycles. The lowest BCUT2D eigenvalue weighted by Crippen LogP contribution is -2.18. The van der Waals surface area contributed by atoms with Gasteiger partial charge in [-0.25, -0.2) is 0 Å². The van der Waals surface area contributed by atoms with E-state index in [1.165, 1.54) is 19.3 Å². The maximum absolute atomic E-state index is 5.60. The molecule has 1 saturated carbocycles. The quantitative estimate of drug-likeness (QED) is 0.868. The van der Waals surface area contributed by atoms with Crippen molar-refractivity contribution >= 4 is 5.69 Å². The standard InChI is InChI=1S/C15H21NO2/c1-15(2)6-5-12(10-15)16-11-3-4-13-14(9-11)18-8-7-17-13/h3-4,9,12,16H,5-8,10H2,1-2H3. The molecule has 0 amide bonds. The first-order valence-corrected chi connectivity index (χ1v) is 6.79. The molecule has 3 rings (SSSR count). The molecule has 0 aromatic heterocycles. The van der Waals surface area contributed by atoms with Gasteiger partial charge in [-0.15, -0.1) is 0 Å². The molecule has 98 valence electrons. The molecule has 1 atom stereocenters. The lowest BCUT2D eigenvalue weighted by molar-refractivity contribution is 0.171. The first-order chi connectivity index (χ1) is 8.62. The highest BCUT2D eigenvalue weighted by Gasteiger charge is 2.30. The summed E-state index contributed by atoms with van der Waals surface area (Å²) < 4.78 is 11.1. The molecular weight excluding hydrogens is 226 g/mol. The van der Waals surface area contributed by atoms with Crippen LogP contribution in [0.1, 0.15) is 33.1 Å². The van der Waals surface area contributed by atoms with Gasteiger partial charge in [-0.1, -0.05) is 13.8 Å². The van der Waals surface area contributed by atoms with Gasteiger partial charge in [-0.2, -0.15) is 0 Å². The number of rotatable bonds is 2. The summed E-state index contributed by atoms with van der Waals surface area (Å²) in [6, 6.07) is 6.72. The van der Waals surface area contributed by atoms with Gasteiger partial charge in [-0.3, -0.25) is 0 Å². The molecule has 1 aliphatic carbocycles. The first kappa shape index (κ1) is 11.7. The Balaban J connectivity index is 1.70. The molecule has 1 heterocycles. The summed E-state index contributed by atoms with van der Waals surface area (Å²) in [6.45, 7) is 5.99. The van der Waals surface area contributed by atoms with Gasteiger partial charge in [0.25, 0.3) is 0 Å². The number of hydrogen-bond acceptors (Lipinski definition) is 3. The van der Waals surface area contributed by atoms with Crippen molar-refractivity contribution < 1.29 is 9.47 Å². The van der Waals surface area contributed by atoms with Gasteiger partial charge in [0.2, 0.25) is 0 Å². The van der Waals surface area contributed by atoms with E-state index in [1.807, 2.05) is 6.07 Å². The SMILES string of the molecule is CC1(C)CCC(Nc2ccc3c(c2)OCCO3)C1. The highest BCUT2D eigenvalue weighted by molar-refractivity contribution is 5.55. The molecule has 1 aliphatic heterocycles. The highest BCUT2D eigenvalue weighted by atomic mass is 16.6. The van der Waals surface area contributed by atoms with E-state index in [-0.39, 0.29) is 0 Å². The topological polar surface area (TPSA) is 30.5 Å². The van der Waals surface area contributed by atoms with Crippen LogP contribution in [0.2, 0.25) is 0 Å². The van der Waals surface area contributed by atoms with Crippen LogP contribution in [-0.4, -0.2) is 19.3 Å². The van der Waals surface area contributed by atoms with E-state index in [9.17, 15) is 0 Å². The van der Waals surface area contributed by atoms with Gasteiger partial charge in [0.05, 0.1) is 0 Å². The van der Waals surface area contributed by atoms with Gasteiger partial charge in [0, 0.05) is 17.8 Å². The van der Waals surface area contributed by atoms with Crippen LogP contribution in [0.4, 0.5) is 5.69 Å². The van der Waals surface area contributed by atoms with Crippen molar-refractivity contribution in [1.82, 2.24) is 0 Å². The van der Waals surface area contributed by atoms with Gasteiger partial charge in [-0.05, 0) is 36.8 Å². The summed E-state index contributed by atoms with van der Waals surface area (Å²) in [5, 5.41) is 3.61. The Morgan fingerprint density at radius 1 is 1.17 bits per heavy atom. The number of ether oxygens (including phenoxy) is 2. The Labute approximate surface area is 108 Å². The smallest absolute Gasteiger partial charge is 0.163 e. The van der Waals surface area contributed by atoms with Crippen LogP contribution in [-0.2, 0) is 0 Å². The second kappa shape index (κ2) is 4.38. The summed E-state index contributed by atoms with van der Waals surface area (Å²) >= 11 is 0. The Bertz CT molecular complexity index is 442. The molecule has 2 aliphatic rings. The molecule has 1 fully saturated rings. The summed E-state index contributed by atoms with van der Waals surface area (Å²) in [5.41, 5.74) is 1.62. The average Bonchev–Trinajstić information content (AvgIpc) is 2.68. The average molecular weight is 247 g/mol. The second-order valence-electron chi connectivity index (χ2n) is 6.11. The fourth-order valence-electron chi connectivity index (χ4n) is 2.93. The van der Waals surface area contributed by atoms with Gasteiger partial charge in [0.15, 0.2) is 11.5 Å². The molecule has 0 saturated heterocycles. The predicted octanol–water partition coefficient (Wildman–Crippen LogP) is 3.45. The third-order valence-electron chi connectivity index (χ3n) is 3.88. The van der Waals surface area contributed by atoms with Crippen LogP contribution < -0.4 is 14.8 Å². The van der Waals surface area contributed by atoms with Crippen LogP contribution in [0.5, 0.6) is 11.5 Å². The molecule has 0 spiro atoms. The Morgan fingerprint density at radius 2 is 1.94 bits per heavy atom. The van der Waals surface area contributed by atoms with Crippen molar-refractivity contribution in [2.75, 3.05) is 18.5 Å². The highest BCUT2D eigenvalue weighted by Crippen LogP contribution is 2.39. The van der Waals surface area contributed by atoms with Crippen molar-refractivity contribution in [1.29, 1.82) is 0 Å². The fourth-order valence-corrected chi connectivity index (χ4v) is 2.93. The zero-order valence-corrected chi connectivity index (χ0v) is 11.2. The third-order valence-corrected chi connectivity index (χ3v) is 3.88. The normalized spacial score (nSPS) is 24.9. The number of hydrogen-bond donors (Lipinski definition) is 1. The Hall–Kier alpha value is -1.38. The van der Waals surface area contributed by atoms with E-state index in [4.69, 9.17) is 9.47 Å². The van der Waals surface area contributed by atoms with Crippen LogP contribution in [0.25, 0.3) is 0 Å². The minimum absolute atomic E-state index is 0.478. The van der Waals surface area contributed by atoms with Gasteiger partial charge >= 0.3 is 0 Å². The van der Waals surface area contributed by atoms with E-state index in [0.717, 1.165) is 17.2 Å². The van der Waals surface area contributed by atoms with Crippen molar-refractivity contribution in [3.8, 4) is 11.5 Å². The van der Waals surface area contributed by atoms with E-state index >= 15 is 0 Å². The number of fused-ring (bicyclic) bond motifs is 1. The third kappa shape index (κ3) is 2.40. The van der Waals surface area contributed by atoms with Crippen molar-refractivity contribution in [2.45, 2.75) is 39.2 Å². The molecule has 0 radical (unpaired) electrons. The summed E-state index contributed by atoms with van der Waals surface area (Å²) in [7, 11) is 0. The monoisotopic (exact) mass is 247 g/mol. The maximum atomic E-state index is 5.60. The molecule has 1 N–H and O–H groups in total. The Kier molecular flexibility index (Phi) is 2.84. The number of benzene rings is 1. The van der Waals surface area contributed by atoms with Crippen LogP contribution in [0.3, 0.4) is 0 Å². The molecule has 1 unspecified atom stereocenters. The molecule has 1 aromatic rings. The van der Waals surface area contributed by atoms with E-state index in [2.05, 4.69) is 31.3 Å². The van der Waals surface area contributed by atoms with Crippen molar-refractivity contribution in [3.05, 3.63) is 18.2 Å². The molecule has 3 heteroatoms. The van der Waals surface area contributed by atoms with Crippen LogP contribution >= 0.6 is 0 Å². The van der Waals surface area contributed by atoms with Crippen molar-refractivity contribution in [3.63, 3.8) is 0 Å². The fraction of sp³-hybridized carbons (Fsp3) is 0.600.